The van der Waals surface area contributed by atoms with E-state index in [1.54, 1.807) is 6.92 Å². The second kappa shape index (κ2) is 5.94. The number of carbonyl (C=O) groups excluding carboxylic acids is 1. The van der Waals surface area contributed by atoms with E-state index in [4.69, 9.17) is 14.9 Å². The smallest absolute Gasteiger partial charge is 0.305 e. The van der Waals surface area contributed by atoms with E-state index in [9.17, 15) is 4.79 Å². The zero-order valence-corrected chi connectivity index (χ0v) is 8.25. The Bertz CT molecular complexity index is 152. The van der Waals surface area contributed by atoms with E-state index in [0.29, 0.717) is 6.42 Å². The second-order valence-corrected chi connectivity index (χ2v) is 3.54. The summed E-state index contributed by atoms with van der Waals surface area (Å²) in [5.41, 5.74) is -0.719. The third kappa shape index (κ3) is 4.85. The number of ether oxygens (including phenoxy) is 1. The fourth-order valence-corrected chi connectivity index (χ4v) is 0.672. The van der Waals surface area contributed by atoms with Gasteiger partial charge in [0.2, 0.25) is 0 Å². The van der Waals surface area contributed by atoms with Gasteiger partial charge in [-0.1, -0.05) is 13.8 Å². The molecular formula is C9H18O4. The second-order valence-electron chi connectivity index (χ2n) is 3.54. The van der Waals surface area contributed by atoms with E-state index in [-0.39, 0.29) is 25.8 Å². The van der Waals surface area contributed by atoms with Crippen LogP contribution in [0.1, 0.15) is 26.7 Å². The van der Waals surface area contributed by atoms with E-state index in [0.717, 1.165) is 6.42 Å². The van der Waals surface area contributed by atoms with Gasteiger partial charge in [0.05, 0.1) is 13.2 Å². The summed E-state index contributed by atoms with van der Waals surface area (Å²) in [6.07, 6.45) is 1.13. The van der Waals surface area contributed by atoms with Gasteiger partial charge in [-0.05, 0) is 6.42 Å². The molecule has 0 spiro atoms. The van der Waals surface area contributed by atoms with E-state index in [1.165, 1.54) is 0 Å². The standard InChI is InChI=1S/C9H18O4/c1-3-4-8(12)13-7-9(2,5-10)6-11/h10-11H,3-7H2,1-2H3. The van der Waals surface area contributed by atoms with Gasteiger partial charge in [-0.2, -0.15) is 0 Å². The van der Waals surface area contributed by atoms with E-state index in [1.807, 2.05) is 6.92 Å². The summed E-state index contributed by atoms with van der Waals surface area (Å²) in [4.78, 5) is 10.9. The predicted octanol–water partition coefficient (Wildman–Crippen LogP) is 0.321. The molecule has 4 nitrogen and oxygen atoms in total. The molecule has 0 saturated carbocycles. The Morgan fingerprint density at radius 1 is 1.38 bits per heavy atom. The van der Waals surface area contributed by atoms with Crippen LogP contribution < -0.4 is 0 Å². The molecular weight excluding hydrogens is 172 g/mol. The van der Waals surface area contributed by atoms with Crippen molar-refractivity contribution in [3.05, 3.63) is 0 Å². The molecule has 0 atom stereocenters. The molecule has 0 heterocycles. The molecule has 0 radical (unpaired) electrons. The monoisotopic (exact) mass is 190 g/mol. The number of hydrogen-bond donors (Lipinski definition) is 2. The molecule has 0 rings (SSSR count). The minimum absolute atomic E-state index is 0.0683. The predicted molar refractivity (Wildman–Crippen MR) is 48.1 cm³/mol. The van der Waals surface area contributed by atoms with Crippen LogP contribution in [0.5, 0.6) is 0 Å². The Morgan fingerprint density at radius 3 is 2.31 bits per heavy atom. The number of hydrogen-bond acceptors (Lipinski definition) is 4. The number of aliphatic hydroxyl groups is 2. The third-order valence-corrected chi connectivity index (χ3v) is 1.80. The van der Waals surface area contributed by atoms with Gasteiger partial charge >= 0.3 is 5.97 Å². The van der Waals surface area contributed by atoms with Crippen molar-refractivity contribution in [2.45, 2.75) is 26.7 Å². The summed E-state index contributed by atoms with van der Waals surface area (Å²) in [5.74, 6) is -0.282. The normalized spacial score (nSPS) is 11.4. The molecule has 13 heavy (non-hydrogen) atoms. The Kier molecular flexibility index (Phi) is 5.66. The number of esters is 1. The molecule has 2 N–H and O–H groups in total. The summed E-state index contributed by atoms with van der Waals surface area (Å²) in [7, 11) is 0. The minimum Gasteiger partial charge on any atom is -0.465 e. The van der Waals surface area contributed by atoms with Gasteiger partial charge in [-0.25, -0.2) is 0 Å². The Morgan fingerprint density at radius 2 is 1.92 bits per heavy atom. The van der Waals surface area contributed by atoms with Gasteiger partial charge in [0.1, 0.15) is 6.61 Å². The van der Waals surface area contributed by atoms with E-state index >= 15 is 0 Å². The van der Waals surface area contributed by atoms with Crippen LogP contribution in [0.2, 0.25) is 0 Å². The first-order valence-corrected chi connectivity index (χ1v) is 4.45. The lowest BCUT2D eigenvalue weighted by Crippen LogP contribution is -2.32. The summed E-state index contributed by atoms with van der Waals surface area (Å²) in [5, 5.41) is 17.8. The Balaban J connectivity index is 3.78. The summed E-state index contributed by atoms with van der Waals surface area (Å²) in [6.45, 7) is 3.23. The molecule has 0 aromatic rings. The van der Waals surface area contributed by atoms with Crippen molar-refractivity contribution < 1.29 is 19.7 Å². The molecule has 0 amide bonds. The van der Waals surface area contributed by atoms with Gasteiger partial charge in [0.25, 0.3) is 0 Å². The summed E-state index contributed by atoms with van der Waals surface area (Å²) < 4.78 is 4.87. The largest absolute Gasteiger partial charge is 0.465 e. The van der Waals surface area contributed by atoms with Crippen LogP contribution in [0.4, 0.5) is 0 Å². The van der Waals surface area contributed by atoms with Crippen LogP contribution in [0.25, 0.3) is 0 Å². The highest BCUT2D eigenvalue weighted by Gasteiger charge is 2.24. The summed E-state index contributed by atoms with van der Waals surface area (Å²) in [6, 6.07) is 0. The summed E-state index contributed by atoms with van der Waals surface area (Å²) >= 11 is 0. The maximum atomic E-state index is 10.9. The van der Waals surface area contributed by atoms with E-state index < -0.39 is 5.41 Å². The lowest BCUT2D eigenvalue weighted by atomic mass is 9.94. The first kappa shape index (κ1) is 12.4. The van der Waals surface area contributed by atoms with Crippen LogP contribution in [0.3, 0.4) is 0 Å². The van der Waals surface area contributed by atoms with Crippen LogP contribution in [-0.4, -0.2) is 36.0 Å². The zero-order valence-electron chi connectivity index (χ0n) is 8.25. The molecule has 0 fully saturated rings. The first-order chi connectivity index (χ1) is 6.08. The molecule has 4 heteroatoms. The SMILES string of the molecule is CCCC(=O)OCC(C)(CO)CO. The highest BCUT2D eigenvalue weighted by atomic mass is 16.5. The van der Waals surface area contributed by atoms with Crippen molar-refractivity contribution in [1.82, 2.24) is 0 Å². The van der Waals surface area contributed by atoms with Crippen molar-refractivity contribution in [3.8, 4) is 0 Å². The molecule has 0 aliphatic carbocycles. The quantitative estimate of drug-likeness (QED) is 0.592. The van der Waals surface area contributed by atoms with Crippen molar-refractivity contribution in [3.63, 3.8) is 0 Å². The maximum Gasteiger partial charge on any atom is 0.305 e. The fraction of sp³-hybridized carbons (Fsp3) is 0.889. The minimum atomic E-state index is -0.719. The Labute approximate surface area is 78.5 Å². The van der Waals surface area contributed by atoms with Crippen LogP contribution in [0.15, 0.2) is 0 Å². The average Bonchev–Trinajstić information content (AvgIpc) is 2.15. The molecule has 0 aliphatic heterocycles. The maximum absolute atomic E-state index is 10.9. The molecule has 78 valence electrons. The van der Waals surface area contributed by atoms with Gasteiger partial charge in [0.15, 0.2) is 0 Å². The van der Waals surface area contributed by atoms with Crippen LogP contribution in [-0.2, 0) is 9.53 Å². The molecule has 0 aromatic carbocycles. The van der Waals surface area contributed by atoms with Crippen molar-refractivity contribution >= 4 is 5.97 Å². The van der Waals surface area contributed by atoms with Crippen LogP contribution >= 0.6 is 0 Å². The zero-order chi connectivity index (χ0) is 10.3. The van der Waals surface area contributed by atoms with E-state index in [2.05, 4.69) is 0 Å². The van der Waals surface area contributed by atoms with Crippen LogP contribution in [0, 0.1) is 5.41 Å². The first-order valence-electron chi connectivity index (χ1n) is 4.45. The van der Waals surface area contributed by atoms with Gasteiger partial charge in [-0.3, -0.25) is 4.79 Å². The van der Waals surface area contributed by atoms with Gasteiger partial charge < -0.3 is 14.9 Å². The average molecular weight is 190 g/mol. The number of carbonyl (C=O) groups is 1. The van der Waals surface area contributed by atoms with Gasteiger partial charge in [0, 0.05) is 11.8 Å². The van der Waals surface area contributed by atoms with Crippen molar-refractivity contribution in [1.29, 1.82) is 0 Å². The van der Waals surface area contributed by atoms with Crippen molar-refractivity contribution in [2.75, 3.05) is 19.8 Å². The topological polar surface area (TPSA) is 66.8 Å². The molecule has 0 saturated heterocycles. The lowest BCUT2D eigenvalue weighted by molar-refractivity contribution is -0.149. The highest BCUT2D eigenvalue weighted by molar-refractivity contribution is 5.69. The lowest BCUT2D eigenvalue weighted by Gasteiger charge is -2.23. The van der Waals surface area contributed by atoms with Gasteiger partial charge in [-0.15, -0.1) is 0 Å². The molecule has 0 aromatic heterocycles. The molecule has 0 aliphatic rings. The third-order valence-electron chi connectivity index (χ3n) is 1.80. The molecule has 0 unspecified atom stereocenters. The fourth-order valence-electron chi connectivity index (χ4n) is 0.672. The highest BCUT2D eigenvalue weighted by Crippen LogP contribution is 2.14. The molecule has 0 bridgehead atoms. The number of aliphatic hydroxyl groups excluding tert-OH is 2. The number of rotatable bonds is 6. The van der Waals surface area contributed by atoms with Crippen molar-refractivity contribution in [2.24, 2.45) is 5.41 Å². The Hall–Kier alpha value is -0.610.